The third-order valence-electron chi connectivity index (χ3n) is 2.21. The van der Waals surface area contributed by atoms with Gasteiger partial charge in [-0.1, -0.05) is 18.2 Å². The van der Waals surface area contributed by atoms with E-state index in [4.69, 9.17) is 4.74 Å². The molecule has 0 spiro atoms. The van der Waals surface area contributed by atoms with Crippen LogP contribution in [0.1, 0.15) is 25.8 Å². The van der Waals surface area contributed by atoms with Crippen molar-refractivity contribution in [1.29, 1.82) is 0 Å². The molecular formula is C13H18FNO2. The summed E-state index contributed by atoms with van der Waals surface area (Å²) in [5.74, 6) is -0.430. The number of nitrogens with one attached hydrogen (secondary N) is 1. The maximum Gasteiger partial charge on any atom is 0.222 e. The highest BCUT2D eigenvalue weighted by Crippen LogP contribution is 2.05. The second-order valence-corrected chi connectivity index (χ2v) is 4.04. The van der Waals surface area contributed by atoms with Crippen molar-refractivity contribution in [3.8, 4) is 0 Å². The molecule has 94 valence electrons. The van der Waals surface area contributed by atoms with Crippen molar-refractivity contribution in [3.05, 3.63) is 35.6 Å². The molecule has 0 aliphatic heterocycles. The van der Waals surface area contributed by atoms with Crippen molar-refractivity contribution in [1.82, 2.24) is 5.32 Å². The number of hydrogen-bond acceptors (Lipinski definition) is 2. The fourth-order valence-electron chi connectivity index (χ4n) is 1.31. The number of ether oxygens (including phenoxy) is 1. The molecule has 1 rings (SSSR count). The maximum atomic E-state index is 13.2. The number of hydrogen-bond donors (Lipinski definition) is 1. The van der Waals surface area contributed by atoms with Crippen LogP contribution in [0.25, 0.3) is 0 Å². The number of amides is 1. The van der Waals surface area contributed by atoms with Crippen LogP contribution in [0.2, 0.25) is 0 Å². The van der Waals surface area contributed by atoms with E-state index in [0.29, 0.717) is 18.6 Å². The Morgan fingerprint density at radius 3 is 2.76 bits per heavy atom. The van der Waals surface area contributed by atoms with Crippen LogP contribution in [-0.2, 0) is 16.1 Å². The first kappa shape index (κ1) is 13.6. The van der Waals surface area contributed by atoms with Gasteiger partial charge in [0.15, 0.2) is 0 Å². The van der Waals surface area contributed by atoms with Crippen LogP contribution in [0.15, 0.2) is 24.3 Å². The summed E-state index contributed by atoms with van der Waals surface area (Å²) in [6.07, 6.45) is 0.418. The Balaban J connectivity index is 2.26. The summed E-state index contributed by atoms with van der Waals surface area (Å²) < 4.78 is 18.5. The molecule has 1 N–H and O–H groups in total. The Morgan fingerprint density at radius 1 is 1.41 bits per heavy atom. The summed E-state index contributed by atoms with van der Waals surface area (Å²) in [4.78, 5) is 11.4. The molecule has 0 saturated carbocycles. The third-order valence-corrected chi connectivity index (χ3v) is 2.21. The molecule has 0 fully saturated rings. The first-order chi connectivity index (χ1) is 8.09. The zero-order valence-electron chi connectivity index (χ0n) is 10.2. The van der Waals surface area contributed by atoms with Crippen molar-refractivity contribution < 1.29 is 13.9 Å². The molecule has 4 heteroatoms. The first-order valence-electron chi connectivity index (χ1n) is 5.71. The van der Waals surface area contributed by atoms with E-state index in [9.17, 15) is 9.18 Å². The zero-order valence-corrected chi connectivity index (χ0v) is 10.2. The van der Waals surface area contributed by atoms with Crippen LogP contribution in [0.3, 0.4) is 0 Å². The molecule has 3 nitrogen and oxygen atoms in total. The minimum Gasteiger partial charge on any atom is -0.378 e. The van der Waals surface area contributed by atoms with E-state index >= 15 is 0 Å². The molecule has 0 radical (unpaired) electrons. The minimum atomic E-state index is -0.300. The van der Waals surface area contributed by atoms with Gasteiger partial charge in [0, 0.05) is 18.5 Å². The van der Waals surface area contributed by atoms with E-state index in [-0.39, 0.29) is 24.4 Å². The Kier molecular flexibility index (Phi) is 5.63. The molecule has 0 heterocycles. The normalized spacial score (nSPS) is 10.6. The third kappa shape index (κ3) is 5.45. The summed E-state index contributed by atoms with van der Waals surface area (Å²) in [5.41, 5.74) is 0.491. The highest BCUT2D eigenvalue weighted by atomic mass is 19.1. The number of halogens is 1. The van der Waals surface area contributed by atoms with E-state index in [0.717, 1.165) is 0 Å². The fourth-order valence-corrected chi connectivity index (χ4v) is 1.31. The number of rotatable bonds is 6. The SMILES string of the molecule is CC(C)OCCC(=O)NCc1ccccc1F. The van der Waals surface area contributed by atoms with Gasteiger partial charge >= 0.3 is 0 Å². The van der Waals surface area contributed by atoms with E-state index in [2.05, 4.69) is 5.32 Å². The van der Waals surface area contributed by atoms with Crippen molar-refractivity contribution in [2.45, 2.75) is 32.9 Å². The molecule has 0 aliphatic carbocycles. The lowest BCUT2D eigenvalue weighted by Crippen LogP contribution is -2.24. The van der Waals surface area contributed by atoms with E-state index in [1.165, 1.54) is 6.07 Å². The minimum absolute atomic E-state index is 0.120. The Morgan fingerprint density at radius 2 is 2.12 bits per heavy atom. The number of carbonyl (C=O) groups is 1. The van der Waals surface area contributed by atoms with Gasteiger partial charge in [0.1, 0.15) is 5.82 Å². The van der Waals surface area contributed by atoms with Crippen molar-refractivity contribution in [2.24, 2.45) is 0 Å². The molecule has 0 aromatic heterocycles. The molecular weight excluding hydrogens is 221 g/mol. The molecule has 1 amide bonds. The van der Waals surface area contributed by atoms with Crippen molar-refractivity contribution in [2.75, 3.05) is 6.61 Å². The zero-order chi connectivity index (χ0) is 12.7. The van der Waals surface area contributed by atoms with Crippen molar-refractivity contribution in [3.63, 3.8) is 0 Å². The second-order valence-electron chi connectivity index (χ2n) is 4.04. The van der Waals surface area contributed by atoms with Crippen LogP contribution in [0, 0.1) is 5.82 Å². The largest absolute Gasteiger partial charge is 0.378 e. The van der Waals surface area contributed by atoms with Gasteiger partial charge in [0.05, 0.1) is 12.7 Å². The topological polar surface area (TPSA) is 38.3 Å². The predicted octanol–water partition coefficient (Wildman–Crippen LogP) is 2.26. The Hall–Kier alpha value is -1.42. The van der Waals surface area contributed by atoms with Gasteiger partial charge in [-0.05, 0) is 19.9 Å². The molecule has 0 bridgehead atoms. The average Bonchev–Trinajstić information content (AvgIpc) is 2.27. The van der Waals surface area contributed by atoms with E-state index in [1.807, 2.05) is 13.8 Å². The average molecular weight is 239 g/mol. The predicted molar refractivity (Wildman–Crippen MR) is 64.0 cm³/mol. The molecule has 0 saturated heterocycles. The molecule has 0 aliphatic rings. The van der Waals surface area contributed by atoms with Gasteiger partial charge < -0.3 is 10.1 Å². The maximum absolute atomic E-state index is 13.2. The molecule has 1 aromatic rings. The van der Waals surface area contributed by atoms with Gasteiger partial charge in [0.25, 0.3) is 0 Å². The van der Waals surface area contributed by atoms with Gasteiger partial charge in [0.2, 0.25) is 5.91 Å². The lowest BCUT2D eigenvalue weighted by molar-refractivity contribution is -0.122. The van der Waals surface area contributed by atoms with E-state index in [1.54, 1.807) is 18.2 Å². The first-order valence-corrected chi connectivity index (χ1v) is 5.71. The number of carbonyl (C=O) groups excluding carboxylic acids is 1. The van der Waals surface area contributed by atoms with Crippen LogP contribution >= 0.6 is 0 Å². The summed E-state index contributed by atoms with van der Waals surface area (Å²) in [6, 6.07) is 6.40. The van der Waals surface area contributed by atoms with Crippen molar-refractivity contribution >= 4 is 5.91 Å². The molecule has 0 unspecified atom stereocenters. The highest BCUT2D eigenvalue weighted by Gasteiger charge is 2.04. The van der Waals surface area contributed by atoms with E-state index < -0.39 is 0 Å². The van der Waals surface area contributed by atoms with Gasteiger partial charge in [-0.2, -0.15) is 0 Å². The van der Waals surface area contributed by atoms with Gasteiger partial charge in [-0.25, -0.2) is 4.39 Å². The summed E-state index contributed by atoms with van der Waals surface area (Å²) in [5, 5.41) is 2.65. The Labute approximate surface area is 101 Å². The van der Waals surface area contributed by atoms with Crippen LogP contribution in [0.4, 0.5) is 4.39 Å². The fraction of sp³-hybridized carbons (Fsp3) is 0.462. The summed E-state index contributed by atoms with van der Waals surface area (Å²) >= 11 is 0. The quantitative estimate of drug-likeness (QED) is 0.827. The smallest absolute Gasteiger partial charge is 0.222 e. The van der Waals surface area contributed by atoms with Crippen LogP contribution < -0.4 is 5.32 Å². The summed E-state index contributed by atoms with van der Waals surface area (Å²) in [6.45, 7) is 4.43. The van der Waals surface area contributed by atoms with Gasteiger partial charge in [-0.3, -0.25) is 4.79 Å². The van der Waals surface area contributed by atoms with Crippen LogP contribution in [-0.4, -0.2) is 18.6 Å². The lowest BCUT2D eigenvalue weighted by atomic mass is 10.2. The highest BCUT2D eigenvalue weighted by molar-refractivity contribution is 5.75. The summed E-state index contributed by atoms with van der Waals surface area (Å²) in [7, 11) is 0. The van der Waals surface area contributed by atoms with Crippen LogP contribution in [0.5, 0.6) is 0 Å². The molecule has 0 atom stereocenters. The monoisotopic (exact) mass is 239 g/mol. The lowest BCUT2D eigenvalue weighted by Gasteiger charge is -2.08. The standard InChI is InChI=1S/C13H18FNO2/c1-10(2)17-8-7-13(16)15-9-11-5-3-4-6-12(11)14/h3-6,10H,7-9H2,1-2H3,(H,15,16). The second kappa shape index (κ2) is 7.01. The molecule has 1 aromatic carbocycles. The van der Waals surface area contributed by atoms with Gasteiger partial charge in [-0.15, -0.1) is 0 Å². The Bertz CT molecular complexity index is 366. The number of benzene rings is 1. The molecule has 17 heavy (non-hydrogen) atoms.